The predicted octanol–water partition coefficient (Wildman–Crippen LogP) is 4.78. The zero-order valence-corrected chi connectivity index (χ0v) is 15.5. The summed E-state index contributed by atoms with van der Waals surface area (Å²) in [4.78, 5) is 21.4. The van der Waals surface area contributed by atoms with Crippen molar-refractivity contribution in [2.75, 3.05) is 0 Å². The molecule has 4 aromatic rings. The molecule has 0 saturated carbocycles. The van der Waals surface area contributed by atoms with Crippen LogP contribution in [0, 0.1) is 5.82 Å². The topological polar surface area (TPSA) is 64.1 Å². The predicted molar refractivity (Wildman–Crippen MR) is 108 cm³/mol. The number of rotatable bonds is 5. The van der Waals surface area contributed by atoms with Crippen molar-refractivity contribution in [3.05, 3.63) is 108 Å². The second-order valence-electron chi connectivity index (χ2n) is 6.48. The summed E-state index contributed by atoms with van der Waals surface area (Å²) in [6.45, 7) is 0.140. The fourth-order valence-electron chi connectivity index (χ4n) is 2.96. The van der Waals surface area contributed by atoms with Gasteiger partial charge in [-0.05, 0) is 29.3 Å². The minimum atomic E-state index is -0.677. The third kappa shape index (κ3) is 4.55. The summed E-state index contributed by atoms with van der Waals surface area (Å²) in [5.41, 5.74) is 2.28. The third-order valence-electron chi connectivity index (χ3n) is 4.44. The van der Waals surface area contributed by atoms with Crippen LogP contribution in [0.2, 0.25) is 0 Å². The maximum atomic E-state index is 13.4. The van der Waals surface area contributed by atoms with Gasteiger partial charge in [0.05, 0.1) is 5.52 Å². The normalized spacial score (nSPS) is 11.8. The van der Waals surface area contributed by atoms with Gasteiger partial charge < -0.3 is 10.1 Å². The number of fused-ring (bicyclic) bond motifs is 1. The van der Waals surface area contributed by atoms with Crippen LogP contribution in [0.3, 0.4) is 0 Å². The maximum absolute atomic E-state index is 13.4. The van der Waals surface area contributed by atoms with Crippen molar-refractivity contribution in [2.24, 2.45) is 0 Å². The lowest BCUT2D eigenvalue weighted by atomic mass is 10.1. The van der Waals surface area contributed by atoms with Crippen LogP contribution in [0.25, 0.3) is 10.9 Å². The van der Waals surface area contributed by atoms with Gasteiger partial charge in [0.2, 0.25) is 0 Å². The first-order valence-corrected chi connectivity index (χ1v) is 9.13. The molecule has 4 rings (SSSR count). The first-order chi connectivity index (χ1) is 14.2. The Labute approximate surface area is 167 Å². The van der Waals surface area contributed by atoms with E-state index in [9.17, 15) is 9.18 Å². The highest BCUT2D eigenvalue weighted by molar-refractivity contribution is 5.77. The highest BCUT2D eigenvalue weighted by Gasteiger charge is 2.21. The van der Waals surface area contributed by atoms with Gasteiger partial charge in [-0.1, -0.05) is 60.7 Å². The molecule has 1 atom stereocenters. The SMILES string of the molecule is O=C(N[C@H](c1ccc(F)cc1)c1ncc2ccccc2n1)OCc1ccccc1. The smallest absolute Gasteiger partial charge is 0.408 e. The minimum Gasteiger partial charge on any atom is -0.445 e. The summed E-state index contributed by atoms with van der Waals surface area (Å²) in [5.74, 6) is 0.0329. The van der Waals surface area contributed by atoms with Crippen molar-refractivity contribution in [3.63, 3.8) is 0 Å². The van der Waals surface area contributed by atoms with Crippen molar-refractivity contribution in [1.29, 1.82) is 0 Å². The number of hydrogen-bond donors (Lipinski definition) is 1. The molecule has 0 spiro atoms. The number of nitrogens with zero attached hydrogens (tertiary/aromatic N) is 2. The Morgan fingerprint density at radius 2 is 1.69 bits per heavy atom. The second kappa shape index (κ2) is 8.48. The van der Waals surface area contributed by atoms with Crippen LogP contribution in [-0.4, -0.2) is 16.1 Å². The molecular formula is C23H18FN3O2. The molecular weight excluding hydrogens is 369 g/mol. The lowest BCUT2D eigenvalue weighted by Gasteiger charge is -2.18. The number of carbonyl (C=O) groups is 1. The van der Waals surface area contributed by atoms with E-state index in [2.05, 4.69) is 15.3 Å². The maximum Gasteiger partial charge on any atom is 0.408 e. The third-order valence-corrected chi connectivity index (χ3v) is 4.44. The van der Waals surface area contributed by atoms with E-state index in [1.54, 1.807) is 18.3 Å². The van der Waals surface area contributed by atoms with E-state index in [0.717, 1.165) is 16.5 Å². The number of ether oxygens (including phenoxy) is 1. The van der Waals surface area contributed by atoms with E-state index in [-0.39, 0.29) is 12.4 Å². The summed E-state index contributed by atoms with van der Waals surface area (Å²) >= 11 is 0. The number of benzene rings is 3. The van der Waals surface area contributed by atoms with Gasteiger partial charge in [-0.2, -0.15) is 0 Å². The number of amides is 1. The van der Waals surface area contributed by atoms with Gasteiger partial charge in [-0.3, -0.25) is 0 Å². The van der Waals surface area contributed by atoms with Gasteiger partial charge in [-0.25, -0.2) is 19.2 Å². The lowest BCUT2D eigenvalue weighted by molar-refractivity contribution is 0.137. The Morgan fingerprint density at radius 3 is 2.48 bits per heavy atom. The Morgan fingerprint density at radius 1 is 0.966 bits per heavy atom. The zero-order valence-electron chi connectivity index (χ0n) is 15.5. The molecule has 0 aliphatic heterocycles. The minimum absolute atomic E-state index is 0.140. The van der Waals surface area contributed by atoms with Crippen LogP contribution in [0.5, 0.6) is 0 Å². The van der Waals surface area contributed by atoms with Gasteiger partial charge >= 0.3 is 6.09 Å². The van der Waals surface area contributed by atoms with Crippen LogP contribution in [0.15, 0.2) is 85.1 Å². The Kier molecular flexibility index (Phi) is 5.42. The molecule has 0 bridgehead atoms. The van der Waals surface area contributed by atoms with Gasteiger partial charge in [0.25, 0.3) is 0 Å². The molecule has 0 saturated heterocycles. The van der Waals surface area contributed by atoms with Crippen molar-refractivity contribution in [1.82, 2.24) is 15.3 Å². The molecule has 6 heteroatoms. The summed E-state index contributed by atoms with van der Waals surface area (Å²) in [6.07, 6.45) is 1.09. The Balaban J connectivity index is 1.59. The summed E-state index contributed by atoms with van der Waals surface area (Å²) in [7, 11) is 0. The van der Waals surface area contributed by atoms with Crippen LogP contribution in [0.4, 0.5) is 9.18 Å². The number of halogens is 1. The summed E-state index contributed by atoms with van der Waals surface area (Å²) < 4.78 is 18.7. The molecule has 0 fully saturated rings. The average Bonchev–Trinajstić information content (AvgIpc) is 2.77. The zero-order chi connectivity index (χ0) is 20.1. The number of para-hydroxylation sites is 1. The molecule has 1 N–H and O–H groups in total. The highest BCUT2D eigenvalue weighted by atomic mass is 19.1. The van der Waals surface area contributed by atoms with Crippen LogP contribution in [-0.2, 0) is 11.3 Å². The van der Waals surface area contributed by atoms with Crippen LogP contribution >= 0.6 is 0 Å². The van der Waals surface area contributed by atoms with E-state index < -0.39 is 12.1 Å². The number of alkyl carbamates (subject to hydrolysis) is 1. The van der Waals surface area contributed by atoms with Crippen LogP contribution in [0.1, 0.15) is 23.0 Å². The molecule has 1 amide bonds. The van der Waals surface area contributed by atoms with Crippen LogP contribution < -0.4 is 5.32 Å². The molecule has 5 nitrogen and oxygen atoms in total. The van der Waals surface area contributed by atoms with Gasteiger partial charge in [0, 0.05) is 11.6 Å². The summed E-state index contributed by atoms with van der Waals surface area (Å²) in [5, 5.41) is 3.68. The Hall–Kier alpha value is -3.80. The molecule has 29 heavy (non-hydrogen) atoms. The number of hydrogen-bond acceptors (Lipinski definition) is 4. The number of nitrogens with one attached hydrogen (secondary N) is 1. The lowest BCUT2D eigenvalue weighted by Crippen LogP contribution is -2.31. The second-order valence-corrected chi connectivity index (χ2v) is 6.48. The largest absolute Gasteiger partial charge is 0.445 e. The van der Waals surface area contributed by atoms with Gasteiger partial charge in [0.1, 0.15) is 18.5 Å². The van der Waals surface area contributed by atoms with Gasteiger partial charge in [0.15, 0.2) is 5.82 Å². The van der Waals surface area contributed by atoms with E-state index in [1.165, 1.54) is 12.1 Å². The fraction of sp³-hybridized carbons (Fsp3) is 0.0870. The number of aromatic nitrogens is 2. The molecule has 1 heterocycles. The standard InChI is InChI=1S/C23H18FN3O2/c24-19-12-10-17(11-13-19)21(22-25-14-18-8-4-5-9-20(18)26-22)27-23(28)29-15-16-6-2-1-3-7-16/h1-14,21H,15H2,(H,27,28)/t21-/m1/s1. The molecule has 144 valence electrons. The van der Waals surface area contributed by atoms with Crippen molar-refractivity contribution < 1.29 is 13.9 Å². The quantitative estimate of drug-likeness (QED) is 0.535. The van der Waals surface area contributed by atoms with Gasteiger partial charge in [-0.15, -0.1) is 0 Å². The van der Waals surface area contributed by atoms with E-state index in [1.807, 2.05) is 54.6 Å². The molecule has 0 unspecified atom stereocenters. The fourth-order valence-corrected chi connectivity index (χ4v) is 2.96. The van der Waals surface area contributed by atoms with Crippen molar-refractivity contribution >= 4 is 17.0 Å². The average molecular weight is 387 g/mol. The van der Waals surface area contributed by atoms with E-state index in [0.29, 0.717) is 11.4 Å². The number of carbonyl (C=O) groups excluding carboxylic acids is 1. The molecule has 1 aromatic heterocycles. The Bertz CT molecular complexity index is 1120. The van der Waals surface area contributed by atoms with E-state index >= 15 is 0 Å². The summed E-state index contributed by atoms with van der Waals surface area (Å²) in [6, 6.07) is 22.1. The van der Waals surface area contributed by atoms with Crippen molar-refractivity contribution in [3.8, 4) is 0 Å². The molecule has 0 aliphatic rings. The van der Waals surface area contributed by atoms with Crippen molar-refractivity contribution in [2.45, 2.75) is 12.6 Å². The molecule has 0 aliphatic carbocycles. The van der Waals surface area contributed by atoms with E-state index in [4.69, 9.17) is 4.74 Å². The first-order valence-electron chi connectivity index (χ1n) is 9.13. The first kappa shape index (κ1) is 18.6. The molecule has 3 aromatic carbocycles. The monoisotopic (exact) mass is 387 g/mol. The highest BCUT2D eigenvalue weighted by Crippen LogP contribution is 2.22. The molecule has 0 radical (unpaired) electrons.